The summed E-state index contributed by atoms with van der Waals surface area (Å²) in [4.78, 5) is 9.31. The number of aliphatic hydroxyl groups is 1. The molecule has 3 rings (SSSR count). The van der Waals surface area contributed by atoms with Crippen molar-refractivity contribution < 1.29 is 5.11 Å². The number of nitrogens with zero attached hydrogens (tertiary/aromatic N) is 2. The molecule has 1 aliphatic rings. The largest absolute Gasteiger partial charge is 0.393 e. The van der Waals surface area contributed by atoms with Gasteiger partial charge in [-0.2, -0.15) is 4.98 Å². The number of hydrogen-bond acceptors (Lipinski definition) is 6. The van der Waals surface area contributed by atoms with Crippen molar-refractivity contribution in [2.75, 3.05) is 17.6 Å². The number of nitrogens with one attached hydrogen (secondary N) is 1. The standard InChI is InChI=1S/C11H14N4OS/c12-11-14-9(8-1-2-17-10(8)15-11)13-5-6-3-7(16)4-6/h1-2,6-7,16H,3-5H2,(H3,12,13,14,15). The monoisotopic (exact) mass is 250 g/mol. The van der Waals surface area contributed by atoms with Crippen molar-refractivity contribution in [1.82, 2.24) is 9.97 Å². The zero-order valence-corrected chi connectivity index (χ0v) is 10.1. The van der Waals surface area contributed by atoms with Crippen LogP contribution < -0.4 is 11.1 Å². The summed E-state index contributed by atoms with van der Waals surface area (Å²) in [5.74, 6) is 1.64. The fraction of sp³-hybridized carbons (Fsp3) is 0.455. The van der Waals surface area contributed by atoms with E-state index in [9.17, 15) is 5.11 Å². The van der Waals surface area contributed by atoms with E-state index in [-0.39, 0.29) is 6.10 Å². The Morgan fingerprint density at radius 3 is 3.06 bits per heavy atom. The van der Waals surface area contributed by atoms with Crippen molar-refractivity contribution in [3.63, 3.8) is 0 Å². The fourth-order valence-electron chi connectivity index (χ4n) is 2.11. The minimum Gasteiger partial charge on any atom is -0.393 e. The van der Waals surface area contributed by atoms with Crippen molar-refractivity contribution in [3.05, 3.63) is 11.4 Å². The van der Waals surface area contributed by atoms with E-state index in [1.54, 1.807) is 11.3 Å². The summed E-state index contributed by atoms with van der Waals surface area (Å²) in [7, 11) is 0. The number of aromatic nitrogens is 2. The molecule has 0 saturated heterocycles. The van der Waals surface area contributed by atoms with E-state index in [2.05, 4.69) is 15.3 Å². The van der Waals surface area contributed by atoms with Crippen LogP contribution in [0.2, 0.25) is 0 Å². The predicted octanol–water partition coefficient (Wildman–Crippen LogP) is 1.46. The number of hydrogen-bond donors (Lipinski definition) is 3. The second-order valence-electron chi connectivity index (χ2n) is 4.44. The molecule has 0 bridgehead atoms. The second kappa shape index (κ2) is 4.12. The lowest BCUT2D eigenvalue weighted by atomic mass is 9.82. The second-order valence-corrected chi connectivity index (χ2v) is 5.34. The summed E-state index contributed by atoms with van der Waals surface area (Å²) in [6.45, 7) is 0.832. The lowest BCUT2D eigenvalue weighted by Gasteiger charge is -2.31. The normalized spacial score (nSPS) is 23.6. The van der Waals surface area contributed by atoms with Crippen LogP contribution in [-0.4, -0.2) is 27.7 Å². The first-order chi connectivity index (χ1) is 8.22. The molecular weight excluding hydrogens is 236 g/mol. The average molecular weight is 250 g/mol. The van der Waals surface area contributed by atoms with Gasteiger partial charge in [-0.15, -0.1) is 11.3 Å². The van der Waals surface area contributed by atoms with Crippen LogP contribution >= 0.6 is 11.3 Å². The van der Waals surface area contributed by atoms with Gasteiger partial charge in [-0.1, -0.05) is 0 Å². The van der Waals surface area contributed by atoms with Crippen molar-refractivity contribution in [2.45, 2.75) is 18.9 Å². The first kappa shape index (κ1) is 10.7. The lowest BCUT2D eigenvalue weighted by Crippen LogP contribution is -2.33. The molecule has 1 aliphatic carbocycles. The molecular formula is C11H14N4OS. The maximum Gasteiger partial charge on any atom is 0.223 e. The summed E-state index contributed by atoms with van der Waals surface area (Å²) in [6, 6.07) is 2.00. The van der Waals surface area contributed by atoms with Crippen molar-refractivity contribution >= 4 is 33.3 Å². The number of rotatable bonds is 3. The van der Waals surface area contributed by atoms with Crippen LogP contribution in [0.25, 0.3) is 10.2 Å². The quantitative estimate of drug-likeness (QED) is 0.768. The van der Waals surface area contributed by atoms with Crippen LogP contribution in [0.15, 0.2) is 11.4 Å². The third-order valence-electron chi connectivity index (χ3n) is 3.11. The van der Waals surface area contributed by atoms with E-state index in [4.69, 9.17) is 5.73 Å². The lowest BCUT2D eigenvalue weighted by molar-refractivity contribution is 0.0487. The number of fused-ring (bicyclic) bond motifs is 1. The topological polar surface area (TPSA) is 84.1 Å². The Hall–Kier alpha value is -1.40. The van der Waals surface area contributed by atoms with Gasteiger partial charge >= 0.3 is 0 Å². The number of thiophene rings is 1. The van der Waals surface area contributed by atoms with Gasteiger partial charge in [0.1, 0.15) is 10.6 Å². The van der Waals surface area contributed by atoms with Crippen LogP contribution in [0.1, 0.15) is 12.8 Å². The molecule has 2 aromatic rings. The summed E-state index contributed by atoms with van der Waals surface area (Å²) < 4.78 is 0. The molecule has 2 heterocycles. The van der Waals surface area contributed by atoms with E-state index >= 15 is 0 Å². The minimum atomic E-state index is -0.113. The first-order valence-corrected chi connectivity index (χ1v) is 6.53. The van der Waals surface area contributed by atoms with Crippen LogP contribution in [0, 0.1) is 5.92 Å². The summed E-state index contributed by atoms with van der Waals surface area (Å²) in [5, 5.41) is 15.5. The highest BCUT2D eigenvalue weighted by molar-refractivity contribution is 7.16. The van der Waals surface area contributed by atoms with Crippen molar-refractivity contribution in [2.24, 2.45) is 5.92 Å². The Balaban J connectivity index is 1.77. The molecule has 6 heteroatoms. The molecule has 4 N–H and O–H groups in total. The van der Waals surface area contributed by atoms with Gasteiger partial charge in [0, 0.05) is 6.54 Å². The van der Waals surface area contributed by atoms with Crippen molar-refractivity contribution in [1.29, 1.82) is 0 Å². The average Bonchev–Trinajstić information content (AvgIpc) is 2.70. The minimum absolute atomic E-state index is 0.113. The number of nitrogen functional groups attached to an aromatic ring is 1. The van der Waals surface area contributed by atoms with E-state index in [0.29, 0.717) is 11.9 Å². The van der Waals surface area contributed by atoms with Crippen LogP contribution in [0.3, 0.4) is 0 Å². The Morgan fingerprint density at radius 1 is 1.47 bits per heavy atom. The van der Waals surface area contributed by atoms with Gasteiger partial charge in [0.2, 0.25) is 5.95 Å². The Kier molecular flexibility index (Phi) is 2.60. The van der Waals surface area contributed by atoms with Gasteiger partial charge < -0.3 is 16.2 Å². The van der Waals surface area contributed by atoms with Crippen LogP contribution in [0.4, 0.5) is 11.8 Å². The first-order valence-electron chi connectivity index (χ1n) is 5.65. The van der Waals surface area contributed by atoms with Gasteiger partial charge in [-0.05, 0) is 30.2 Å². The smallest absolute Gasteiger partial charge is 0.223 e. The zero-order chi connectivity index (χ0) is 11.8. The SMILES string of the molecule is Nc1nc(NCC2CC(O)C2)c2ccsc2n1. The molecule has 90 valence electrons. The zero-order valence-electron chi connectivity index (χ0n) is 9.26. The third-order valence-corrected chi connectivity index (χ3v) is 3.92. The van der Waals surface area contributed by atoms with Crippen LogP contribution in [0.5, 0.6) is 0 Å². The summed E-state index contributed by atoms with van der Waals surface area (Å²) in [6.07, 6.45) is 1.64. The Morgan fingerprint density at radius 2 is 2.29 bits per heavy atom. The molecule has 0 spiro atoms. The molecule has 0 aliphatic heterocycles. The van der Waals surface area contributed by atoms with Crippen molar-refractivity contribution in [3.8, 4) is 0 Å². The van der Waals surface area contributed by atoms with E-state index < -0.39 is 0 Å². The van der Waals surface area contributed by atoms with Gasteiger partial charge in [0.25, 0.3) is 0 Å². The van der Waals surface area contributed by atoms with E-state index in [1.807, 2.05) is 11.4 Å². The molecule has 0 amide bonds. The molecule has 0 radical (unpaired) electrons. The van der Waals surface area contributed by atoms with Gasteiger partial charge in [-0.3, -0.25) is 0 Å². The molecule has 0 atom stereocenters. The molecule has 1 fully saturated rings. The highest BCUT2D eigenvalue weighted by Gasteiger charge is 2.26. The molecule has 2 aromatic heterocycles. The number of anilines is 2. The summed E-state index contributed by atoms with van der Waals surface area (Å²) >= 11 is 1.56. The predicted molar refractivity (Wildman–Crippen MR) is 69.0 cm³/mol. The van der Waals surface area contributed by atoms with E-state index in [1.165, 1.54) is 0 Å². The van der Waals surface area contributed by atoms with Crippen LogP contribution in [-0.2, 0) is 0 Å². The molecule has 17 heavy (non-hydrogen) atoms. The maximum atomic E-state index is 9.23. The summed E-state index contributed by atoms with van der Waals surface area (Å²) in [5.41, 5.74) is 5.66. The molecule has 0 unspecified atom stereocenters. The molecule has 1 saturated carbocycles. The third kappa shape index (κ3) is 2.05. The Bertz CT molecular complexity index is 535. The maximum absolute atomic E-state index is 9.23. The fourth-order valence-corrected chi connectivity index (χ4v) is 2.89. The number of nitrogens with two attached hydrogens (primary N) is 1. The van der Waals surface area contributed by atoms with Gasteiger partial charge in [0.05, 0.1) is 11.5 Å². The highest BCUT2D eigenvalue weighted by Crippen LogP contribution is 2.29. The van der Waals surface area contributed by atoms with Gasteiger partial charge in [-0.25, -0.2) is 4.98 Å². The molecule has 5 nitrogen and oxygen atoms in total. The molecule has 0 aromatic carbocycles. The number of aliphatic hydroxyl groups excluding tert-OH is 1. The van der Waals surface area contributed by atoms with Gasteiger partial charge in [0.15, 0.2) is 0 Å². The van der Waals surface area contributed by atoms with E-state index in [0.717, 1.165) is 35.4 Å². The Labute approximate surface area is 103 Å². The highest BCUT2D eigenvalue weighted by atomic mass is 32.1.